The standard InChI is InChI=1S/C21H27FN2O3S/c1-4-16(2)24(21(26)15-27-3)14-20(25)23(13-19-6-5-11-28-19)12-17-7-9-18(22)10-8-17/h5-11,16H,4,12-15H2,1-3H3. The molecule has 0 aliphatic carbocycles. The zero-order valence-corrected chi connectivity index (χ0v) is 17.4. The van der Waals surface area contributed by atoms with Gasteiger partial charge >= 0.3 is 0 Å². The van der Waals surface area contributed by atoms with Gasteiger partial charge < -0.3 is 14.5 Å². The van der Waals surface area contributed by atoms with E-state index < -0.39 is 0 Å². The number of nitrogens with zero attached hydrogens (tertiary/aromatic N) is 2. The number of hydrogen-bond donors (Lipinski definition) is 0. The normalized spacial score (nSPS) is 11.9. The van der Waals surface area contributed by atoms with Gasteiger partial charge in [0.25, 0.3) is 0 Å². The fourth-order valence-electron chi connectivity index (χ4n) is 2.80. The first-order chi connectivity index (χ1) is 13.4. The van der Waals surface area contributed by atoms with Crippen LogP contribution in [0.2, 0.25) is 0 Å². The van der Waals surface area contributed by atoms with E-state index in [9.17, 15) is 14.0 Å². The summed E-state index contributed by atoms with van der Waals surface area (Å²) in [5, 5.41) is 1.96. The van der Waals surface area contributed by atoms with Crippen molar-refractivity contribution in [1.29, 1.82) is 0 Å². The maximum Gasteiger partial charge on any atom is 0.249 e. The van der Waals surface area contributed by atoms with Crippen LogP contribution in [0.25, 0.3) is 0 Å². The number of carbonyl (C=O) groups excluding carboxylic acids is 2. The van der Waals surface area contributed by atoms with Crippen LogP contribution in [0.15, 0.2) is 41.8 Å². The lowest BCUT2D eigenvalue weighted by Gasteiger charge is -2.31. The molecule has 0 bridgehead atoms. The molecule has 1 atom stereocenters. The zero-order chi connectivity index (χ0) is 20.5. The van der Waals surface area contributed by atoms with Crippen molar-refractivity contribution in [2.24, 2.45) is 0 Å². The minimum Gasteiger partial charge on any atom is -0.375 e. The Kier molecular flexibility index (Phi) is 8.60. The number of halogens is 1. The van der Waals surface area contributed by atoms with Gasteiger partial charge in [-0.3, -0.25) is 9.59 Å². The van der Waals surface area contributed by atoms with Crippen LogP contribution in [0, 0.1) is 5.82 Å². The van der Waals surface area contributed by atoms with Gasteiger partial charge in [0.15, 0.2) is 0 Å². The Labute approximate surface area is 169 Å². The first kappa shape index (κ1) is 22.0. The molecule has 1 aromatic carbocycles. The highest BCUT2D eigenvalue weighted by Crippen LogP contribution is 2.16. The van der Waals surface area contributed by atoms with Crippen molar-refractivity contribution in [2.75, 3.05) is 20.3 Å². The molecule has 5 nitrogen and oxygen atoms in total. The van der Waals surface area contributed by atoms with E-state index in [1.54, 1.807) is 33.3 Å². The highest BCUT2D eigenvalue weighted by atomic mass is 32.1. The number of ether oxygens (including phenoxy) is 1. The number of carbonyl (C=O) groups is 2. The molecular formula is C21H27FN2O3S. The molecule has 0 spiro atoms. The molecule has 7 heteroatoms. The van der Waals surface area contributed by atoms with Crippen LogP contribution in [-0.4, -0.2) is 47.9 Å². The van der Waals surface area contributed by atoms with Gasteiger partial charge in [-0.25, -0.2) is 4.39 Å². The Bertz CT molecular complexity index is 750. The number of thiophene rings is 1. The fraction of sp³-hybridized carbons (Fsp3) is 0.429. The first-order valence-corrected chi connectivity index (χ1v) is 10.2. The number of rotatable bonds is 10. The average Bonchev–Trinajstić information content (AvgIpc) is 3.19. The van der Waals surface area contributed by atoms with E-state index in [0.717, 1.165) is 16.9 Å². The van der Waals surface area contributed by atoms with E-state index >= 15 is 0 Å². The molecule has 0 fully saturated rings. The van der Waals surface area contributed by atoms with Crippen LogP contribution in [0.4, 0.5) is 4.39 Å². The van der Waals surface area contributed by atoms with Gasteiger partial charge in [0.2, 0.25) is 11.8 Å². The summed E-state index contributed by atoms with van der Waals surface area (Å²) in [6.07, 6.45) is 0.742. The van der Waals surface area contributed by atoms with Crippen molar-refractivity contribution < 1.29 is 18.7 Å². The average molecular weight is 407 g/mol. The molecule has 1 aromatic heterocycles. The second-order valence-corrected chi connectivity index (χ2v) is 7.70. The molecule has 28 heavy (non-hydrogen) atoms. The molecule has 1 heterocycles. The topological polar surface area (TPSA) is 49.9 Å². The van der Waals surface area contributed by atoms with Gasteiger partial charge in [0, 0.05) is 24.6 Å². The SMILES string of the molecule is CCC(C)N(CC(=O)N(Cc1ccc(F)cc1)Cc1cccs1)C(=O)COC. The first-order valence-electron chi connectivity index (χ1n) is 9.27. The molecular weight excluding hydrogens is 379 g/mol. The third-order valence-electron chi connectivity index (χ3n) is 4.58. The van der Waals surface area contributed by atoms with Crippen molar-refractivity contribution in [1.82, 2.24) is 9.80 Å². The molecule has 0 radical (unpaired) electrons. The Balaban J connectivity index is 2.18. The minimum atomic E-state index is -0.312. The predicted octanol–water partition coefficient (Wildman–Crippen LogP) is 3.69. The van der Waals surface area contributed by atoms with E-state index in [2.05, 4.69) is 0 Å². The van der Waals surface area contributed by atoms with E-state index in [0.29, 0.717) is 13.1 Å². The van der Waals surface area contributed by atoms with Crippen LogP contribution in [0.5, 0.6) is 0 Å². The van der Waals surface area contributed by atoms with Gasteiger partial charge in [0.05, 0.1) is 6.54 Å². The van der Waals surface area contributed by atoms with Gasteiger partial charge in [-0.05, 0) is 42.5 Å². The van der Waals surface area contributed by atoms with Crippen molar-refractivity contribution >= 4 is 23.2 Å². The summed E-state index contributed by atoms with van der Waals surface area (Å²) in [7, 11) is 1.46. The van der Waals surface area contributed by atoms with Crippen molar-refractivity contribution in [3.8, 4) is 0 Å². The molecule has 2 aromatic rings. The highest BCUT2D eigenvalue weighted by molar-refractivity contribution is 7.09. The summed E-state index contributed by atoms with van der Waals surface area (Å²) in [4.78, 5) is 29.8. The maximum absolute atomic E-state index is 13.2. The molecule has 1 unspecified atom stereocenters. The zero-order valence-electron chi connectivity index (χ0n) is 16.6. The smallest absolute Gasteiger partial charge is 0.249 e. The molecule has 0 aliphatic rings. The van der Waals surface area contributed by atoms with Gasteiger partial charge in [-0.15, -0.1) is 11.3 Å². The van der Waals surface area contributed by atoms with Crippen LogP contribution in [0.3, 0.4) is 0 Å². The van der Waals surface area contributed by atoms with Gasteiger partial charge in [-0.2, -0.15) is 0 Å². The van der Waals surface area contributed by atoms with Crippen LogP contribution in [-0.2, 0) is 27.4 Å². The molecule has 2 rings (SSSR count). The predicted molar refractivity (Wildman–Crippen MR) is 108 cm³/mol. The molecule has 2 amide bonds. The van der Waals surface area contributed by atoms with E-state index in [1.165, 1.54) is 19.2 Å². The third-order valence-corrected chi connectivity index (χ3v) is 5.44. The number of benzene rings is 1. The summed E-state index contributed by atoms with van der Waals surface area (Å²) >= 11 is 1.57. The summed E-state index contributed by atoms with van der Waals surface area (Å²) in [5.41, 5.74) is 0.838. The lowest BCUT2D eigenvalue weighted by Crippen LogP contribution is -2.47. The summed E-state index contributed by atoms with van der Waals surface area (Å²) < 4.78 is 18.2. The van der Waals surface area contributed by atoms with Crippen molar-refractivity contribution in [2.45, 2.75) is 39.4 Å². The van der Waals surface area contributed by atoms with Crippen molar-refractivity contribution in [3.63, 3.8) is 0 Å². The molecule has 0 saturated heterocycles. The van der Waals surface area contributed by atoms with Gasteiger partial charge in [0.1, 0.15) is 19.0 Å². The highest BCUT2D eigenvalue weighted by Gasteiger charge is 2.25. The number of methoxy groups -OCH3 is 1. The van der Waals surface area contributed by atoms with Crippen LogP contribution in [0.1, 0.15) is 30.7 Å². The molecule has 0 saturated carbocycles. The Morgan fingerprint density at radius 3 is 2.43 bits per heavy atom. The Hall–Kier alpha value is -2.25. The summed E-state index contributed by atoms with van der Waals surface area (Å²) in [6, 6.07) is 9.96. The third kappa shape index (κ3) is 6.42. The Morgan fingerprint density at radius 1 is 1.14 bits per heavy atom. The lowest BCUT2D eigenvalue weighted by atomic mass is 10.2. The number of hydrogen-bond acceptors (Lipinski definition) is 4. The largest absolute Gasteiger partial charge is 0.375 e. The monoisotopic (exact) mass is 406 g/mol. The summed E-state index contributed by atoms with van der Waals surface area (Å²) in [6.45, 7) is 4.63. The second-order valence-electron chi connectivity index (χ2n) is 6.67. The van der Waals surface area contributed by atoms with Crippen LogP contribution < -0.4 is 0 Å². The molecule has 0 N–H and O–H groups in total. The van der Waals surface area contributed by atoms with Crippen molar-refractivity contribution in [3.05, 3.63) is 58.0 Å². The maximum atomic E-state index is 13.2. The van der Waals surface area contributed by atoms with Crippen LogP contribution >= 0.6 is 11.3 Å². The molecule has 152 valence electrons. The quantitative estimate of drug-likeness (QED) is 0.605. The van der Waals surface area contributed by atoms with E-state index in [4.69, 9.17) is 4.74 Å². The molecule has 0 aliphatic heterocycles. The number of amides is 2. The van der Waals surface area contributed by atoms with E-state index in [-0.39, 0.29) is 36.8 Å². The Morgan fingerprint density at radius 2 is 1.86 bits per heavy atom. The fourth-order valence-corrected chi connectivity index (χ4v) is 3.51. The van der Waals surface area contributed by atoms with E-state index in [1.807, 2.05) is 31.4 Å². The summed E-state index contributed by atoms with van der Waals surface area (Å²) in [5.74, 6) is -0.668. The lowest BCUT2D eigenvalue weighted by molar-refractivity contribution is -0.145. The second kappa shape index (κ2) is 10.9. The minimum absolute atomic E-state index is 0.0101. The van der Waals surface area contributed by atoms with Gasteiger partial charge in [-0.1, -0.05) is 25.1 Å².